The summed E-state index contributed by atoms with van der Waals surface area (Å²) < 4.78 is 10.3. The Balaban J connectivity index is 0.000000224. The Kier molecular flexibility index (Phi) is 6.48. The Morgan fingerprint density at radius 3 is 0.955 bits per heavy atom. The van der Waals surface area contributed by atoms with Gasteiger partial charge >= 0.3 is 0 Å². The van der Waals surface area contributed by atoms with Gasteiger partial charge in [-0.1, -0.05) is 12.1 Å². The molecular formula is C20H28O2. The lowest BCUT2D eigenvalue weighted by Crippen LogP contribution is -1.92. The van der Waals surface area contributed by atoms with Crippen LogP contribution in [0.4, 0.5) is 0 Å². The Labute approximate surface area is 135 Å². The molecule has 0 fully saturated rings. The molecule has 22 heavy (non-hydrogen) atoms. The summed E-state index contributed by atoms with van der Waals surface area (Å²) in [7, 11) is 3.35. The van der Waals surface area contributed by atoms with Crippen LogP contribution < -0.4 is 9.47 Å². The molecular weight excluding hydrogens is 272 g/mol. The predicted molar refractivity (Wildman–Crippen MR) is 94.4 cm³/mol. The van der Waals surface area contributed by atoms with E-state index in [-0.39, 0.29) is 0 Å². The highest BCUT2D eigenvalue weighted by molar-refractivity contribution is 5.45. The van der Waals surface area contributed by atoms with E-state index in [0.29, 0.717) is 0 Å². The molecule has 120 valence electrons. The van der Waals surface area contributed by atoms with E-state index in [1.165, 1.54) is 22.3 Å². The molecule has 0 atom stereocenters. The van der Waals surface area contributed by atoms with E-state index >= 15 is 0 Å². The van der Waals surface area contributed by atoms with Crippen molar-refractivity contribution in [2.24, 2.45) is 0 Å². The van der Waals surface area contributed by atoms with Crippen LogP contribution in [0.15, 0.2) is 24.3 Å². The lowest BCUT2D eigenvalue weighted by Gasteiger charge is -2.09. The van der Waals surface area contributed by atoms with E-state index in [2.05, 4.69) is 39.8 Å². The molecule has 2 heteroatoms. The van der Waals surface area contributed by atoms with E-state index in [9.17, 15) is 0 Å². The molecule has 0 heterocycles. The summed E-state index contributed by atoms with van der Waals surface area (Å²) in [6.45, 7) is 12.6. The standard InChI is InChI=1S/C10H14O2.C10H14/c1-7-5-10(12-4)8(2)6-9(7)11-3;1-7-5-9(3)10(4)6-8(7)2/h5-6H,1-4H3;5-6H,1-4H3. The van der Waals surface area contributed by atoms with Crippen molar-refractivity contribution in [3.05, 3.63) is 57.6 Å². The molecule has 2 nitrogen and oxygen atoms in total. The molecule has 0 aliphatic heterocycles. The number of hydrogen-bond donors (Lipinski definition) is 0. The molecule has 2 aromatic rings. The van der Waals surface area contributed by atoms with Gasteiger partial charge in [-0.15, -0.1) is 0 Å². The van der Waals surface area contributed by atoms with Crippen LogP contribution in [0.1, 0.15) is 33.4 Å². The molecule has 0 saturated carbocycles. The Morgan fingerprint density at radius 1 is 0.455 bits per heavy atom. The summed E-state index contributed by atoms with van der Waals surface area (Å²) in [6.07, 6.45) is 0. The summed E-state index contributed by atoms with van der Waals surface area (Å²) in [6, 6.07) is 8.44. The van der Waals surface area contributed by atoms with Crippen LogP contribution in [0.25, 0.3) is 0 Å². The molecule has 0 aliphatic carbocycles. The van der Waals surface area contributed by atoms with Crippen molar-refractivity contribution in [1.29, 1.82) is 0 Å². The smallest absolute Gasteiger partial charge is 0.122 e. The van der Waals surface area contributed by atoms with Gasteiger partial charge in [-0.2, -0.15) is 0 Å². The quantitative estimate of drug-likeness (QED) is 0.755. The van der Waals surface area contributed by atoms with Gasteiger partial charge in [0.2, 0.25) is 0 Å². The SMILES string of the molecule is COc1cc(C)c(OC)cc1C.Cc1cc(C)c(C)cc1C. The Hall–Kier alpha value is -1.96. The summed E-state index contributed by atoms with van der Waals surface area (Å²) in [5.74, 6) is 1.82. The molecule has 0 spiro atoms. The van der Waals surface area contributed by atoms with Crippen molar-refractivity contribution >= 4 is 0 Å². The first-order valence-electron chi connectivity index (χ1n) is 7.53. The average Bonchev–Trinajstić information content (AvgIpc) is 2.48. The van der Waals surface area contributed by atoms with Gasteiger partial charge in [-0.3, -0.25) is 0 Å². The third kappa shape index (κ3) is 4.52. The average molecular weight is 300 g/mol. The van der Waals surface area contributed by atoms with Crippen molar-refractivity contribution in [3.8, 4) is 11.5 Å². The van der Waals surface area contributed by atoms with E-state index in [0.717, 1.165) is 22.6 Å². The molecule has 0 amide bonds. The first kappa shape index (κ1) is 18.1. The zero-order valence-electron chi connectivity index (χ0n) is 15.1. The van der Waals surface area contributed by atoms with Crippen molar-refractivity contribution in [2.45, 2.75) is 41.5 Å². The van der Waals surface area contributed by atoms with Crippen LogP contribution in [0.5, 0.6) is 11.5 Å². The fraction of sp³-hybridized carbons (Fsp3) is 0.400. The first-order chi connectivity index (χ1) is 10.3. The van der Waals surface area contributed by atoms with Gasteiger partial charge < -0.3 is 9.47 Å². The predicted octanol–water partition coefficient (Wildman–Crippen LogP) is 5.24. The zero-order valence-corrected chi connectivity index (χ0v) is 15.1. The van der Waals surface area contributed by atoms with Gasteiger partial charge in [-0.05, 0) is 87.1 Å². The Morgan fingerprint density at radius 2 is 0.727 bits per heavy atom. The van der Waals surface area contributed by atoms with Gasteiger partial charge in [0.1, 0.15) is 11.5 Å². The van der Waals surface area contributed by atoms with E-state index in [1.807, 2.05) is 26.0 Å². The van der Waals surface area contributed by atoms with Crippen molar-refractivity contribution < 1.29 is 9.47 Å². The van der Waals surface area contributed by atoms with Crippen LogP contribution in [-0.4, -0.2) is 14.2 Å². The number of benzene rings is 2. The van der Waals surface area contributed by atoms with Gasteiger partial charge in [-0.25, -0.2) is 0 Å². The first-order valence-corrected chi connectivity index (χ1v) is 7.53. The summed E-state index contributed by atoms with van der Waals surface area (Å²) >= 11 is 0. The fourth-order valence-electron chi connectivity index (χ4n) is 2.31. The maximum Gasteiger partial charge on any atom is 0.122 e. The highest BCUT2D eigenvalue weighted by Gasteiger charge is 2.03. The van der Waals surface area contributed by atoms with Crippen LogP contribution in [0, 0.1) is 41.5 Å². The summed E-state index contributed by atoms with van der Waals surface area (Å²) in [5, 5.41) is 0. The lowest BCUT2D eigenvalue weighted by molar-refractivity contribution is 0.398. The van der Waals surface area contributed by atoms with Crippen molar-refractivity contribution in [2.75, 3.05) is 14.2 Å². The monoisotopic (exact) mass is 300 g/mol. The van der Waals surface area contributed by atoms with Crippen LogP contribution >= 0.6 is 0 Å². The van der Waals surface area contributed by atoms with Crippen molar-refractivity contribution in [3.63, 3.8) is 0 Å². The molecule has 0 aromatic heterocycles. The molecule has 0 radical (unpaired) electrons. The van der Waals surface area contributed by atoms with Gasteiger partial charge in [0.25, 0.3) is 0 Å². The molecule has 0 saturated heterocycles. The minimum absolute atomic E-state index is 0.910. The van der Waals surface area contributed by atoms with Crippen molar-refractivity contribution in [1.82, 2.24) is 0 Å². The second-order valence-electron chi connectivity index (χ2n) is 5.81. The van der Waals surface area contributed by atoms with Gasteiger partial charge in [0.05, 0.1) is 14.2 Å². The largest absolute Gasteiger partial charge is 0.496 e. The van der Waals surface area contributed by atoms with E-state index in [1.54, 1.807) is 14.2 Å². The molecule has 0 unspecified atom stereocenters. The van der Waals surface area contributed by atoms with Crippen LogP contribution in [0.3, 0.4) is 0 Å². The maximum absolute atomic E-state index is 5.17. The fourth-order valence-corrected chi connectivity index (χ4v) is 2.31. The summed E-state index contributed by atoms with van der Waals surface area (Å²) in [4.78, 5) is 0. The number of rotatable bonds is 2. The topological polar surface area (TPSA) is 18.5 Å². The van der Waals surface area contributed by atoms with Crippen LogP contribution in [0.2, 0.25) is 0 Å². The van der Waals surface area contributed by atoms with E-state index < -0.39 is 0 Å². The third-order valence-corrected chi connectivity index (χ3v) is 4.02. The number of methoxy groups -OCH3 is 2. The normalized spacial score (nSPS) is 9.82. The number of hydrogen-bond acceptors (Lipinski definition) is 2. The molecule has 2 aromatic carbocycles. The van der Waals surface area contributed by atoms with E-state index in [4.69, 9.17) is 9.47 Å². The minimum Gasteiger partial charge on any atom is -0.496 e. The molecule has 0 bridgehead atoms. The molecule has 2 rings (SSSR count). The number of aryl methyl sites for hydroxylation is 6. The molecule has 0 N–H and O–H groups in total. The molecule has 0 aliphatic rings. The van der Waals surface area contributed by atoms with Crippen LogP contribution in [-0.2, 0) is 0 Å². The zero-order chi connectivity index (χ0) is 16.9. The highest BCUT2D eigenvalue weighted by atomic mass is 16.5. The second-order valence-corrected chi connectivity index (χ2v) is 5.81. The summed E-state index contributed by atoms with van der Waals surface area (Å²) in [5.41, 5.74) is 7.76. The highest BCUT2D eigenvalue weighted by Crippen LogP contribution is 2.27. The van der Waals surface area contributed by atoms with Gasteiger partial charge in [0, 0.05) is 0 Å². The Bertz CT molecular complexity index is 563. The maximum atomic E-state index is 5.17. The number of ether oxygens (including phenoxy) is 2. The third-order valence-electron chi connectivity index (χ3n) is 4.02. The minimum atomic E-state index is 0.910. The lowest BCUT2D eigenvalue weighted by atomic mass is 10.0. The van der Waals surface area contributed by atoms with Gasteiger partial charge in [0.15, 0.2) is 0 Å². The second kappa shape index (κ2) is 7.88.